The summed E-state index contributed by atoms with van der Waals surface area (Å²) < 4.78 is 0. The molecule has 0 aliphatic rings. The molecular formula is C7H16N2. The van der Waals surface area contributed by atoms with Crippen molar-refractivity contribution in [2.45, 2.75) is 26.3 Å². The Bertz CT molecular complexity index is 105. The first kappa shape index (κ1) is 8.50. The van der Waals surface area contributed by atoms with Gasteiger partial charge in [-0.2, -0.15) is 0 Å². The van der Waals surface area contributed by atoms with Gasteiger partial charge in [0.25, 0.3) is 0 Å². The van der Waals surface area contributed by atoms with Crippen LogP contribution in [0.3, 0.4) is 0 Å². The highest BCUT2D eigenvalue weighted by atomic mass is 15.0. The highest BCUT2D eigenvalue weighted by molar-refractivity contribution is 5.07. The lowest BCUT2D eigenvalue weighted by Gasteiger charge is -2.25. The quantitative estimate of drug-likeness (QED) is 0.591. The van der Waals surface area contributed by atoms with Gasteiger partial charge in [0.15, 0.2) is 0 Å². The molecule has 0 saturated heterocycles. The molecule has 0 aliphatic carbocycles. The molecule has 0 aliphatic heterocycles. The number of hydrogen-bond donors (Lipinski definition) is 2. The number of hydrogen-bond acceptors (Lipinski definition) is 2. The molecule has 0 aromatic heterocycles. The second kappa shape index (κ2) is 2.87. The van der Waals surface area contributed by atoms with Crippen LogP contribution in [0.2, 0.25) is 0 Å². The van der Waals surface area contributed by atoms with E-state index >= 15 is 0 Å². The molecular weight excluding hydrogens is 112 g/mol. The summed E-state index contributed by atoms with van der Waals surface area (Å²) in [5.74, 6) is 0. The van der Waals surface area contributed by atoms with E-state index < -0.39 is 0 Å². The van der Waals surface area contributed by atoms with Gasteiger partial charge in [-0.25, -0.2) is 0 Å². The summed E-state index contributed by atoms with van der Waals surface area (Å²) in [7, 11) is 0. The molecule has 0 rings (SSSR count). The van der Waals surface area contributed by atoms with Crippen molar-refractivity contribution in [2.75, 3.05) is 6.54 Å². The van der Waals surface area contributed by atoms with Gasteiger partial charge in [-0.3, -0.25) is 0 Å². The maximum Gasteiger partial charge on any atom is 0.0517 e. The van der Waals surface area contributed by atoms with E-state index in [0.29, 0.717) is 5.70 Å². The van der Waals surface area contributed by atoms with Gasteiger partial charge >= 0.3 is 0 Å². The first-order chi connectivity index (χ1) is 4.00. The van der Waals surface area contributed by atoms with E-state index in [1.165, 1.54) is 0 Å². The van der Waals surface area contributed by atoms with Crippen molar-refractivity contribution in [3.8, 4) is 0 Å². The van der Waals surface area contributed by atoms with Crippen LogP contribution in [0.1, 0.15) is 20.8 Å². The van der Waals surface area contributed by atoms with E-state index in [0.717, 1.165) is 6.54 Å². The molecule has 2 nitrogen and oxygen atoms in total. The van der Waals surface area contributed by atoms with Crippen LogP contribution >= 0.6 is 0 Å². The normalized spacial score (nSPS) is 11.4. The summed E-state index contributed by atoms with van der Waals surface area (Å²) in [6.07, 6.45) is 0. The lowest BCUT2D eigenvalue weighted by Crippen LogP contribution is -2.43. The molecule has 0 heterocycles. The fourth-order valence-corrected chi connectivity index (χ4v) is 0.555. The van der Waals surface area contributed by atoms with E-state index in [9.17, 15) is 0 Å². The van der Waals surface area contributed by atoms with Gasteiger partial charge in [0.2, 0.25) is 0 Å². The molecule has 0 saturated carbocycles. The van der Waals surface area contributed by atoms with E-state index in [1.807, 2.05) is 20.8 Å². The van der Waals surface area contributed by atoms with Gasteiger partial charge in [-0.1, -0.05) is 13.5 Å². The summed E-state index contributed by atoms with van der Waals surface area (Å²) >= 11 is 0. The Morgan fingerprint density at radius 2 is 2.11 bits per heavy atom. The SMILES string of the molecule is C=C(N)C(C)(C)NCC. The van der Waals surface area contributed by atoms with Crippen molar-refractivity contribution in [1.29, 1.82) is 0 Å². The van der Waals surface area contributed by atoms with Gasteiger partial charge in [0.05, 0.1) is 5.54 Å². The molecule has 0 radical (unpaired) electrons. The van der Waals surface area contributed by atoms with Crippen LogP contribution in [0.15, 0.2) is 12.3 Å². The van der Waals surface area contributed by atoms with Crippen LogP contribution in [0.25, 0.3) is 0 Å². The predicted molar refractivity (Wildman–Crippen MR) is 41.1 cm³/mol. The molecule has 0 aromatic carbocycles. The Kier molecular flexibility index (Phi) is 2.71. The van der Waals surface area contributed by atoms with Crippen molar-refractivity contribution in [3.05, 3.63) is 12.3 Å². The van der Waals surface area contributed by atoms with Crippen LogP contribution < -0.4 is 11.1 Å². The van der Waals surface area contributed by atoms with E-state index in [1.54, 1.807) is 0 Å². The molecule has 0 spiro atoms. The molecule has 9 heavy (non-hydrogen) atoms. The monoisotopic (exact) mass is 128 g/mol. The zero-order valence-electron chi connectivity index (χ0n) is 6.49. The molecule has 3 N–H and O–H groups in total. The standard InChI is InChI=1S/C7H16N2/c1-5-9-7(3,4)6(2)8/h9H,2,5,8H2,1,3-4H3. The minimum Gasteiger partial charge on any atom is -0.401 e. The first-order valence-electron chi connectivity index (χ1n) is 3.20. The van der Waals surface area contributed by atoms with Gasteiger partial charge < -0.3 is 11.1 Å². The molecule has 0 fully saturated rings. The predicted octanol–water partition coefficient (Wildman–Crippen LogP) is 0.847. The zero-order valence-corrected chi connectivity index (χ0v) is 6.49. The number of likely N-dealkylation sites (N-methyl/N-ethyl adjacent to an activating group) is 1. The largest absolute Gasteiger partial charge is 0.401 e. The number of nitrogens with one attached hydrogen (secondary N) is 1. The fourth-order valence-electron chi connectivity index (χ4n) is 0.555. The molecule has 0 unspecified atom stereocenters. The summed E-state index contributed by atoms with van der Waals surface area (Å²) in [5, 5.41) is 3.20. The topological polar surface area (TPSA) is 38.0 Å². The van der Waals surface area contributed by atoms with E-state index in [-0.39, 0.29) is 5.54 Å². The number of rotatable bonds is 3. The summed E-state index contributed by atoms with van der Waals surface area (Å²) in [6.45, 7) is 10.7. The zero-order chi connectivity index (χ0) is 7.49. The van der Waals surface area contributed by atoms with Crippen LogP contribution in [0.5, 0.6) is 0 Å². The molecule has 2 heteroatoms. The minimum absolute atomic E-state index is 0.116. The smallest absolute Gasteiger partial charge is 0.0517 e. The van der Waals surface area contributed by atoms with Crippen LogP contribution in [0, 0.1) is 0 Å². The molecule has 0 aromatic rings. The van der Waals surface area contributed by atoms with Gasteiger partial charge in [0, 0.05) is 5.70 Å². The molecule has 0 bridgehead atoms. The van der Waals surface area contributed by atoms with Crippen LogP contribution in [-0.2, 0) is 0 Å². The third-order valence-corrected chi connectivity index (χ3v) is 1.42. The van der Waals surface area contributed by atoms with Gasteiger partial charge in [0.1, 0.15) is 0 Å². The Morgan fingerprint density at radius 1 is 1.67 bits per heavy atom. The maximum atomic E-state index is 5.50. The third-order valence-electron chi connectivity index (χ3n) is 1.42. The maximum absolute atomic E-state index is 5.50. The summed E-state index contributed by atoms with van der Waals surface area (Å²) in [6, 6.07) is 0. The molecule has 54 valence electrons. The average molecular weight is 128 g/mol. The Morgan fingerprint density at radius 3 is 2.22 bits per heavy atom. The Hall–Kier alpha value is -0.500. The lowest BCUT2D eigenvalue weighted by atomic mass is 10.0. The second-order valence-electron chi connectivity index (χ2n) is 2.68. The molecule has 0 atom stereocenters. The van der Waals surface area contributed by atoms with Gasteiger partial charge in [-0.05, 0) is 20.4 Å². The highest BCUT2D eigenvalue weighted by Gasteiger charge is 2.16. The van der Waals surface area contributed by atoms with E-state index in [2.05, 4.69) is 11.9 Å². The first-order valence-corrected chi connectivity index (χ1v) is 3.20. The summed E-state index contributed by atoms with van der Waals surface area (Å²) in [5.41, 5.74) is 6.07. The van der Waals surface area contributed by atoms with Crippen LogP contribution in [-0.4, -0.2) is 12.1 Å². The minimum atomic E-state index is -0.116. The third kappa shape index (κ3) is 2.51. The lowest BCUT2D eigenvalue weighted by molar-refractivity contribution is 0.461. The Balaban J connectivity index is 3.85. The highest BCUT2D eigenvalue weighted by Crippen LogP contribution is 2.06. The number of nitrogens with two attached hydrogens (primary N) is 1. The van der Waals surface area contributed by atoms with Gasteiger partial charge in [-0.15, -0.1) is 0 Å². The van der Waals surface area contributed by atoms with Crippen LogP contribution in [0.4, 0.5) is 0 Å². The fraction of sp³-hybridized carbons (Fsp3) is 0.714. The average Bonchev–Trinajstić information content (AvgIpc) is 1.65. The van der Waals surface area contributed by atoms with Crippen molar-refractivity contribution < 1.29 is 0 Å². The van der Waals surface area contributed by atoms with Crippen molar-refractivity contribution in [2.24, 2.45) is 5.73 Å². The summed E-state index contributed by atoms with van der Waals surface area (Å²) in [4.78, 5) is 0. The van der Waals surface area contributed by atoms with E-state index in [4.69, 9.17) is 5.73 Å². The Labute approximate surface area is 57.1 Å². The van der Waals surface area contributed by atoms with Crippen molar-refractivity contribution >= 4 is 0 Å². The second-order valence-corrected chi connectivity index (χ2v) is 2.68. The van der Waals surface area contributed by atoms with Crippen molar-refractivity contribution in [3.63, 3.8) is 0 Å². The molecule has 0 amide bonds. The van der Waals surface area contributed by atoms with Crippen molar-refractivity contribution in [1.82, 2.24) is 5.32 Å².